The molecule has 0 amide bonds. The molecule has 19 heavy (non-hydrogen) atoms. The van der Waals surface area contributed by atoms with Crippen LogP contribution >= 0.6 is 0 Å². The van der Waals surface area contributed by atoms with Crippen LogP contribution in [0.3, 0.4) is 0 Å². The normalized spacial score (nSPS) is 18.7. The Hall–Kier alpha value is -1.88. The Morgan fingerprint density at radius 3 is 3.26 bits per heavy atom. The lowest BCUT2D eigenvalue weighted by Crippen LogP contribution is -2.17. The molecule has 1 saturated heterocycles. The van der Waals surface area contributed by atoms with Gasteiger partial charge in [0.25, 0.3) is 0 Å². The summed E-state index contributed by atoms with van der Waals surface area (Å²) < 4.78 is 7.35. The van der Waals surface area contributed by atoms with Crippen molar-refractivity contribution < 1.29 is 4.74 Å². The Morgan fingerprint density at radius 2 is 2.47 bits per heavy atom. The van der Waals surface area contributed by atoms with Crippen LogP contribution in [0.2, 0.25) is 0 Å². The second-order valence-corrected chi connectivity index (χ2v) is 4.80. The SMILES string of the molecule is COc1cc(Cn2cncc2C2CCCN2)ccn1. The van der Waals surface area contributed by atoms with Crippen molar-refractivity contribution in [2.45, 2.75) is 25.4 Å². The predicted octanol–water partition coefficient (Wildman–Crippen LogP) is 1.76. The van der Waals surface area contributed by atoms with Gasteiger partial charge >= 0.3 is 0 Å². The first-order valence-corrected chi connectivity index (χ1v) is 6.59. The number of nitrogens with one attached hydrogen (secondary N) is 1. The van der Waals surface area contributed by atoms with Crippen molar-refractivity contribution in [1.29, 1.82) is 0 Å². The smallest absolute Gasteiger partial charge is 0.213 e. The monoisotopic (exact) mass is 258 g/mol. The van der Waals surface area contributed by atoms with Gasteiger partial charge in [-0.15, -0.1) is 0 Å². The number of hydrogen-bond donors (Lipinski definition) is 1. The molecule has 1 fully saturated rings. The van der Waals surface area contributed by atoms with Crippen LogP contribution in [0.15, 0.2) is 30.9 Å². The van der Waals surface area contributed by atoms with Gasteiger partial charge in [-0.3, -0.25) is 0 Å². The predicted molar refractivity (Wildman–Crippen MR) is 72.1 cm³/mol. The summed E-state index contributed by atoms with van der Waals surface area (Å²) in [6.45, 7) is 1.89. The van der Waals surface area contributed by atoms with E-state index < -0.39 is 0 Å². The van der Waals surface area contributed by atoms with Crippen LogP contribution in [-0.4, -0.2) is 28.2 Å². The number of imidazole rings is 1. The van der Waals surface area contributed by atoms with Gasteiger partial charge in [-0.25, -0.2) is 9.97 Å². The van der Waals surface area contributed by atoms with Crippen molar-refractivity contribution in [3.63, 3.8) is 0 Å². The number of nitrogens with zero attached hydrogens (tertiary/aromatic N) is 3. The zero-order valence-corrected chi connectivity index (χ0v) is 11.0. The van der Waals surface area contributed by atoms with E-state index in [1.807, 2.05) is 24.7 Å². The number of methoxy groups -OCH3 is 1. The first-order valence-electron chi connectivity index (χ1n) is 6.59. The molecule has 0 spiro atoms. The highest BCUT2D eigenvalue weighted by Gasteiger charge is 2.19. The topological polar surface area (TPSA) is 52.0 Å². The number of aromatic nitrogens is 3. The zero-order valence-electron chi connectivity index (χ0n) is 11.0. The minimum atomic E-state index is 0.436. The van der Waals surface area contributed by atoms with E-state index in [1.54, 1.807) is 13.3 Å². The van der Waals surface area contributed by atoms with Gasteiger partial charge in [-0.2, -0.15) is 0 Å². The highest BCUT2D eigenvalue weighted by molar-refractivity contribution is 5.21. The van der Waals surface area contributed by atoms with E-state index in [4.69, 9.17) is 4.74 Å². The largest absolute Gasteiger partial charge is 0.481 e. The molecule has 1 unspecified atom stereocenters. The van der Waals surface area contributed by atoms with E-state index in [-0.39, 0.29) is 0 Å². The lowest BCUT2D eigenvalue weighted by atomic mass is 10.1. The van der Waals surface area contributed by atoms with Gasteiger partial charge in [0.1, 0.15) is 0 Å². The first kappa shape index (κ1) is 12.2. The number of pyridine rings is 1. The van der Waals surface area contributed by atoms with Crippen LogP contribution < -0.4 is 10.1 Å². The lowest BCUT2D eigenvalue weighted by Gasteiger charge is -2.14. The fraction of sp³-hybridized carbons (Fsp3) is 0.429. The molecule has 100 valence electrons. The quantitative estimate of drug-likeness (QED) is 0.908. The summed E-state index contributed by atoms with van der Waals surface area (Å²) in [5.41, 5.74) is 2.43. The Morgan fingerprint density at radius 1 is 1.53 bits per heavy atom. The maximum absolute atomic E-state index is 5.16. The maximum atomic E-state index is 5.16. The maximum Gasteiger partial charge on any atom is 0.213 e. The summed E-state index contributed by atoms with van der Waals surface area (Å²) in [5.74, 6) is 0.651. The van der Waals surface area contributed by atoms with Crippen LogP contribution in [0.25, 0.3) is 0 Å². The minimum Gasteiger partial charge on any atom is -0.481 e. The summed E-state index contributed by atoms with van der Waals surface area (Å²) in [6.07, 6.45) is 8.05. The highest BCUT2D eigenvalue weighted by atomic mass is 16.5. The molecule has 1 aliphatic heterocycles. The first-order chi connectivity index (χ1) is 9.36. The summed E-state index contributed by atoms with van der Waals surface area (Å²) in [4.78, 5) is 8.41. The molecule has 0 aliphatic carbocycles. The Balaban J connectivity index is 1.81. The number of hydrogen-bond acceptors (Lipinski definition) is 4. The molecule has 2 aromatic heterocycles. The molecule has 1 N–H and O–H groups in total. The van der Waals surface area contributed by atoms with E-state index in [0.717, 1.165) is 13.1 Å². The third-order valence-corrected chi connectivity index (χ3v) is 3.52. The van der Waals surface area contributed by atoms with Gasteiger partial charge in [0.15, 0.2) is 0 Å². The number of ether oxygens (including phenoxy) is 1. The van der Waals surface area contributed by atoms with Crippen LogP contribution in [0.4, 0.5) is 0 Å². The van der Waals surface area contributed by atoms with Crippen molar-refractivity contribution in [1.82, 2.24) is 19.9 Å². The third kappa shape index (κ3) is 2.61. The summed E-state index contributed by atoms with van der Waals surface area (Å²) in [6, 6.07) is 4.41. The molecular formula is C14H18N4O. The van der Waals surface area contributed by atoms with Gasteiger partial charge in [0.05, 0.1) is 19.1 Å². The molecule has 0 bridgehead atoms. The van der Waals surface area contributed by atoms with E-state index in [9.17, 15) is 0 Å². The van der Waals surface area contributed by atoms with Crippen molar-refractivity contribution in [2.24, 2.45) is 0 Å². The molecule has 0 saturated carbocycles. The van der Waals surface area contributed by atoms with Crippen molar-refractivity contribution >= 4 is 0 Å². The number of rotatable bonds is 4. The molecule has 3 heterocycles. The molecule has 0 radical (unpaired) electrons. The fourth-order valence-corrected chi connectivity index (χ4v) is 2.55. The second-order valence-electron chi connectivity index (χ2n) is 4.80. The van der Waals surface area contributed by atoms with Gasteiger partial charge in [-0.05, 0) is 31.0 Å². The van der Waals surface area contributed by atoms with Gasteiger partial charge < -0.3 is 14.6 Å². The second kappa shape index (κ2) is 5.40. The van der Waals surface area contributed by atoms with E-state index >= 15 is 0 Å². The van der Waals surface area contributed by atoms with Crippen molar-refractivity contribution in [3.8, 4) is 5.88 Å². The average molecular weight is 258 g/mol. The van der Waals surface area contributed by atoms with Crippen LogP contribution in [0, 0.1) is 0 Å². The Bertz CT molecular complexity index is 546. The van der Waals surface area contributed by atoms with Crippen LogP contribution in [0.1, 0.15) is 30.1 Å². The molecule has 2 aromatic rings. The zero-order chi connectivity index (χ0) is 13.1. The summed E-state index contributed by atoms with van der Waals surface area (Å²) >= 11 is 0. The van der Waals surface area contributed by atoms with Crippen molar-refractivity contribution in [3.05, 3.63) is 42.1 Å². The summed E-state index contributed by atoms with van der Waals surface area (Å²) in [5, 5.41) is 3.51. The van der Waals surface area contributed by atoms with Gasteiger partial charge in [-0.1, -0.05) is 0 Å². The third-order valence-electron chi connectivity index (χ3n) is 3.52. The van der Waals surface area contributed by atoms with Gasteiger partial charge in [0, 0.05) is 31.0 Å². The van der Waals surface area contributed by atoms with Crippen molar-refractivity contribution in [2.75, 3.05) is 13.7 Å². The van der Waals surface area contributed by atoms with E-state index in [0.29, 0.717) is 11.9 Å². The Kier molecular flexibility index (Phi) is 3.46. The fourth-order valence-electron chi connectivity index (χ4n) is 2.55. The summed E-state index contributed by atoms with van der Waals surface area (Å²) in [7, 11) is 1.64. The molecule has 0 aromatic carbocycles. The molecule has 1 atom stereocenters. The average Bonchev–Trinajstić information content (AvgIpc) is 3.09. The minimum absolute atomic E-state index is 0.436. The van der Waals surface area contributed by atoms with Crippen LogP contribution in [0.5, 0.6) is 5.88 Å². The molecule has 1 aliphatic rings. The highest BCUT2D eigenvalue weighted by Crippen LogP contribution is 2.23. The standard InChI is InChI=1S/C14H18N4O/c1-19-14-7-11(4-6-17-14)9-18-10-15-8-13(18)12-3-2-5-16-12/h4,6-8,10,12,16H,2-3,5,9H2,1H3. The molecular weight excluding hydrogens is 240 g/mol. The van der Waals surface area contributed by atoms with Gasteiger partial charge in [0.2, 0.25) is 5.88 Å². The van der Waals surface area contributed by atoms with Crippen LogP contribution in [-0.2, 0) is 6.54 Å². The molecule has 3 rings (SSSR count). The van der Waals surface area contributed by atoms with E-state index in [2.05, 4.69) is 19.9 Å². The lowest BCUT2D eigenvalue weighted by molar-refractivity contribution is 0.397. The molecule has 5 nitrogen and oxygen atoms in total. The Labute approximate surface area is 112 Å². The molecule has 5 heteroatoms. The van der Waals surface area contributed by atoms with E-state index in [1.165, 1.54) is 24.1 Å².